The first kappa shape index (κ1) is 22.4. The molecule has 1 aliphatic rings. The zero-order chi connectivity index (χ0) is 24.2. The number of hydrogen-bond donors (Lipinski definition) is 1. The smallest absolute Gasteiger partial charge is 0.388 e. The van der Waals surface area contributed by atoms with Crippen molar-refractivity contribution >= 4 is 11.7 Å². The maximum Gasteiger partial charge on any atom is 0.388 e. The molecule has 3 aromatic heterocycles. The standard InChI is InChI=1S/C24H20F2N6O3/c25-24(26)35-21-9-7-16(13-27-21)15-6-8-19-17(12-15)23(33)30-20-5-3-4-18(29-20)22-31-28-14-32(22)10-1-2-11-34-19/h3-9,12-14,24H,1-2,10-11H2,(H,29,30,33). The molecule has 1 amide bonds. The number of hydrogen-bond acceptors (Lipinski definition) is 7. The summed E-state index contributed by atoms with van der Waals surface area (Å²) in [4.78, 5) is 21.7. The first-order valence-electron chi connectivity index (χ1n) is 10.9. The van der Waals surface area contributed by atoms with Crippen LogP contribution in [0.2, 0.25) is 0 Å². The quantitative estimate of drug-likeness (QED) is 0.465. The minimum absolute atomic E-state index is 0.190. The summed E-state index contributed by atoms with van der Waals surface area (Å²) in [6.45, 7) is -1.83. The van der Waals surface area contributed by atoms with Gasteiger partial charge < -0.3 is 19.4 Å². The van der Waals surface area contributed by atoms with Gasteiger partial charge in [0.15, 0.2) is 5.82 Å². The molecule has 35 heavy (non-hydrogen) atoms. The van der Waals surface area contributed by atoms with E-state index in [4.69, 9.17) is 4.74 Å². The van der Waals surface area contributed by atoms with E-state index in [1.807, 2.05) is 10.6 Å². The van der Waals surface area contributed by atoms with Gasteiger partial charge >= 0.3 is 6.61 Å². The minimum atomic E-state index is -2.95. The van der Waals surface area contributed by atoms with E-state index >= 15 is 0 Å². The number of pyridine rings is 2. The Bertz CT molecular complexity index is 1340. The number of fused-ring (bicyclic) bond motifs is 5. The fraction of sp³-hybridized carbons (Fsp3) is 0.208. The van der Waals surface area contributed by atoms with Crippen LogP contribution in [0.15, 0.2) is 61.1 Å². The lowest BCUT2D eigenvalue weighted by atomic mass is 10.0. The molecule has 11 heteroatoms. The number of halogens is 2. The molecule has 0 aliphatic carbocycles. The van der Waals surface area contributed by atoms with Gasteiger partial charge in [-0.25, -0.2) is 9.97 Å². The molecule has 2 bridgehead atoms. The number of benzene rings is 1. The second-order valence-electron chi connectivity index (χ2n) is 7.74. The van der Waals surface area contributed by atoms with E-state index in [1.54, 1.807) is 42.7 Å². The number of amides is 1. The first-order chi connectivity index (χ1) is 17.1. The summed E-state index contributed by atoms with van der Waals surface area (Å²) in [5.41, 5.74) is 2.19. The third-order valence-corrected chi connectivity index (χ3v) is 5.39. The number of anilines is 1. The lowest BCUT2D eigenvalue weighted by Gasteiger charge is -2.15. The molecule has 4 heterocycles. The highest BCUT2D eigenvalue weighted by Crippen LogP contribution is 2.29. The van der Waals surface area contributed by atoms with Gasteiger partial charge in [0.05, 0.1) is 12.2 Å². The highest BCUT2D eigenvalue weighted by molar-refractivity contribution is 6.06. The lowest BCUT2D eigenvalue weighted by molar-refractivity contribution is -0.0528. The van der Waals surface area contributed by atoms with Crippen molar-refractivity contribution in [2.45, 2.75) is 26.0 Å². The van der Waals surface area contributed by atoms with Crippen LogP contribution in [0.5, 0.6) is 11.6 Å². The van der Waals surface area contributed by atoms with Crippen LogP contribution >= 0.6 is 0 Å². The van der Waals surface area contributed by atoms with E-state index in [0.717, 1.165) is 12.8 Å². The van der Waals surface area contributed by atoms with Crippen LogP contribution in [0.3, 0.4) is 0 Å². The van der Waals surface area contributed by atoms with E-state index in [-0.39, 0.29) is 5.88 Å². The normalized spacial score (nSPS) is 13.7. The lowest BCUT2D eigenvalue weighted by Crippen LogP contribution is -2.16. The number of nitrogens with zero attached hydrogens (tertiary/aromatic N) is 5. The highest BCUT2D eigenvalue weighted by Gasteiger charge is 2.18. The number of aryl methyl sites for hydroxylation is 1. The molecule has 1 aliphatic heterocycles. The topological polar surface area (TPSA) is 104 Å². The van der Waals surface area contributed by atoms with E-state index in [9.17, 15) is 13.6 Å². The molecule has 0 radical (unpaired) electrons. The summed E-state index contributed by atoms with van der Waals surface area (Å²) in [7, 11) is 0. The summed E-state index contributed by atoms with van der Waals surface area (Å²) in [6, 6.07) is 13.4. The molecular formula is C24H20F2N6O3. The fourth-order valence-corrected chi connectivity index (χ4v) is 3.72. The zero-order valence-corrected chi connectivity index (χ0v) is 18.4. The summed E-state index contributed by atoms with van der Waals surface area (Å²) in [5, 5.41) is 11.0. The third kappa shape index (κ3) is 5.08. The largest absolute Gasteiger partial charge is 0.493 e. The van der Waals surface area contributed by atoms with Gasteiger partial charge in [-0.05, 0) is 48.7 Å². The van der Waals surface area contributed by atoms with Gasteiger partial charge in [0.25, 0.3) is 5.91 Å². The molecule has 0 saturated heterocycles. The highest BCUT2D eigenvalue weighted by atomic mass is 19.3. The predicted octanol–water partition coefficient (Wildman–Crippen LogP) is 4.43. The number of nitrogens with one attached hydrogen (secondary N) is 1. The molecule has 0 saturated carbocycles. The number of alkyl halides is 2. The van der Waals surface area contributed by atoms with Crippen molar-refractivity contribution in [1.82, 2.24) is 24.7 Å². The summed E-state index contributed by atoms with van der Waals surface area (Å²) in [6.07, 6.45) is 4.64. The molecular weight excluding hydrogens is 458 g/mol. The zero-order valence-electron chi connectivity index (χ0n) is 18.4. The van der Waals surface area contributed by atoms with Gasteiger partial charge in [0.2, 0.25) is 5.88 Å². The SMILES string of the molecule is O=C1Nc2cccc(n2)-c2nncn2CCCCOc2ccc(-c3ccc(OC(F)F)nc3)cc21. The maximum absolute atomic E-state index is 13.3. The van der Waals surface area contributed by atoms with Gasteiger partial charge in [-0.1, -0.05) is 12.1 Å². The summed E-state index contributed by atoms with van der Waals surface area (Å²) < 4.78 is 37.0. The van der Waals surface area contributed by atoms with E-state index in [2.05, 4.69) is 30.2 Å². The van der Waals surface area contributed by atoms with Crippen molar-refractivity contribution < 1.29 is 23.0 Å². The van der Waals surface area contributed by atoms with Crippen LogP contribution in [0, 0.1) is 0 Å². The van der Waals surface area contributed by atoms with Crippen molar-refractivity contribution in [3.8, 4) is 34.3 Å². The predicted molar refractivity (Wildman–Crippen MR) is 122 cm³/mol. The fourth-order valence-electron chi connectivity index (χ4n) is 3.72. The number of aromatic nitrogens is 5. The molecule has 1 N–H and O–H groups in total. The monoisotopic (exact) mass is 478 g/mol. The average molecular weight is 478 g/mol. The molecule has 4 aromatic rings. The van der Waals surface area contributed by atoms with E-state index in [0.29, 0.717) is 52.9 Å². The Balaban J connectivity index is 1.48. The van der Waals surface area contributed by atoms with Crippen molar-refractivity contribution in [2.75, 3.05) is 11.9 Å². The molecule has 5 rings (SSSR count). The van der Waals surface area contributed by atoms with Crippen LogP contribution in [-0.2, 0) is 6.54 Å². The van der Waals surface area contributed by atoms with Crippen LogP contribution in [0.25, 0.3) is 22.6 Å². The number of carbonyl (C=O) groups is 1. The average Bonchev–Trinajstić information content (AvgIpc) is 3.32. The Morgan fingerprint density at radius 2 is 1.97 bits per heavy atom. The van der Waals surface area contributed by atoms with E-state index in [1.165, 1.54) is 12.3 Å². The molecule has 0 spiro atoms. The molecule has 1 aromatic carbocycles. The van der Waals surface area contributed by atoms with Gasteiger partial charge in [-0.3, -0.25) is 4.79 Å². The van der Waals surface area contributed by atoms with Gasteiger partial charge in [-0.2, -0.15) is 8.78 Å². The molecule has 9 nitrogen and oxygen atoms in total. The number of carbonyl (C=O) groups excluding carboxylic acids is 1. The Morgan fingerprint density at radius 3 is 2.80 bits per heavy atom. The molecule has 0 fully saturated rings. The van der Waals surface area contributed by atoms with Crippen LogP contribution in [-0.4, -0.2) is 43.9 Å². The Morgan fingerprint density at radius 1 is 1.09 bits per heavy atom. The number of rotatable bonds is 3. The van der Waals surface area contributed by atoms with Crippen LogP contribution in [0.1, 0.15) is 23.2 Å². The second-order valence-corrected chi connectivity index (χ2v) is 7.74. The van der Waals surface area contributed by atoms with Crippen molar-refractivity contribution in [1.29, 1.82) is 0 Å². The van der Waals surface area contributed by atoms with Crippen LogP contribution < -0.4 is 14.8 Å². The number of ether oxygens (including phenoxy) is 2. The molecule has 0 unspecified atom stereocenters. The van der Waals surface area contributed by atoms with Crippen LogP contribution in [0.4, 0.5) is 14.6 Å². The molecule has 178 valence electrons. The second kappa shape index (κ2) is 9.84. The van der Waals surface area contributed by atoms with Crippen molar-refractivity contribution in [3.05, 3.63) is 66.6 Å². The maximum atomic E-state index is 13.3. The Hall–Kier alpha value is -4.41. The van der Waals surface area contributed by atoms with Gasteiger partial charge in [0, 0.05) is 24.4 Å². The van der Waals surface area contributed by atoms with E-state index < -0.39 is 12.5 Å². The van der Waals surface area contributed by atoms with Crippen molar-refractivity contribution in [3.63, 3.8) is 0 Å². The first-order valence-corrected chi connectivity index (χ1v) is 10.9. The Labute approximate surface area is 198 Å². The molecule has 0 atom stereocenters. The Kier molecular flexibility index (Phi) is 6.29. The third-order valence-electron chi connectivity index (χ3n) is 5.39. The van der Waals surface area contributed by atoms with Gasteiger partial charge in [-0.15, -0.1) is 10.2 Å². The van der Waals surface area contributed by atoms with Crippen molar-refractivity contribution in [2.24, 2.45) is 0 Å². The minimum Gasteiger partial charge on any atom is -0.493 e. The van der Waals surface area contributed by atoms with Gasteiger partial charge in [0.1, 0.15) is 23.6 Å². The summed E-state index contributed by atoms with van der Waals surface area (Å²) >= 11 is 0. The summed E-state index contributed by atoms with van der Waals surface area (Å²) in [5.74, 6) is 0.801.